The highest BCUT2D eigenvalue weighted by molar-refractivity contribution is 5.86. The highest BCUT2D eigenvalue weighted by Gasteiger charge is 2.39. The third kappa shape index (κ3) is 1.78. The molecule has 1 atom stereocenters. The first-order valence-electron chi connectivity index (χ1n) is 6.24. The highest BCUT2D eigenvalue weighted by atomic mass is 16.4. The molecule has 1 heterocycles. The van der Waals surface area contributed by atoms with E-state index in [1.807, 2.05) is 12.1 Å². The van der Waals surface area contributed by atoms with E-state index in [-0.39, 0.29) is 18.4 Å². The van der Waals surface area contributed by atoms with Crippen LogP contribution in [0.4, 0.5) is 0 Å². The van der Waals surface area contributed by atoms with Crippen molar-refractivity contribution in [2.75, 3.05) is 6.54 Å². The van der Waals surface area contributed by atoms with Crippen LogP contribution in [0.5, 0.6) is 0 Å². The monoisotopic (exact) mass is 245 g/mol. The van der Waals surface area contributed by atoms with Gasteiger partial charge in [0.05, 0.1) is 5.92 Å². The van der Waals surface area contributed by atoms with Gasteiger partial charge in [0.2, 0.25) is 5.91 Å². The molecule has 0 unspecified atom stereocenters. The minimum atomic E-state index is -0.860. The average Bonchev–Trinajstić information content (AvgIpc) is 2.91. The van der Waals surface area contributed by atoms with E-state index in [0.717, 1.165) is 12.8 Å². The van der Waals surface area contributed by atoms with Crippen LogP contribution in [0.1, 0.15) is 17.5 Å². The molecule has 3 rings (SSSR count). The van der Waals surface area contributed by atoms with Crippen molar-refractivity contribution in [2.45, 2.75) is 25.3 Å². The molecule has 4 heteroatoms. The maximum atomic E-state index is 11.9. The largest absolute Gasteiger partial charge is 0.481 e. The van der Waals surface area contributed by atoms with E-state index in [0.29, 0.717) is 6.54 Å². The molecule has 18 heavy (non-hydrogen) atoms. The molecule has 4 nitrogen and oxygen atoms in total. The smallest absolute Gasteiger partial charge is 0.308 e. The number of amides is 1. The van der Waals surface area contributed by atoms with Gasteiger partial charge < -0.3 is 10.0 Å². The molecule has 0 bridgehead atoms. The number of benzene rings is 1. The molecule has 0 spiro atoms. The minimum absolute atomic E-state index is 0.0137. The van der Waals surface area contributed by atoms with Gasteiger partial charge in [0.1, 0.15) is 0 Å². The van der Waals surface area contributed by atoms with Crippen LogP contribution in [-0.4, -0.2) is 34.5 Å². The molecular weight excluding hydrogens is 230 g/mol. The number of carboxylic acid groups (broad SMARTS) is 1. The molecule has 1 fully saturated rings. The van der Waals surface area contributed by atoms with Gasteiger partial charge in [-0.1, -0.05) is 24.3 Å². The molecule has 1 aromatic carbocycles. The van der Waals surface area contributed by atoms with Crippen molar-refractivity contribution in [1.82, 2.24) is 4.90 Å². The van der Waals surface area contributed by atoms with E-state index in [4.69, 9.17) is 5.11 Å². The normalized spacial score (nSPS) is 23.4. The van der Waals surface area contributed by atoms with Crippen molar-refractivity contribution >= 4 is 11.9 Å². The fourth-order valence-electron chi connectivity index (χ4n) is 3.01. The average molecular weight is 245 g/mol. The minimum Gasteiger partial charge on any atom is -0.481 e. The van der Waals surface area contributed by atoms with Gasteiger partial charge in [-0.2, -0.15) is 0 Å². The summed E-state index contributed by atoms with van der Waals surface area (Å²) in [5, 5.41) is 8.99. The molecule has 1 N–H and O–H groups in total. The molecular formula is C14H15NO3. The number of fused-ring (bicyclic) bond motifs is 1. The second kappa shape index (κ2) is 4.12. The van der Waals surface area contributed by atoms with Crippen molar-refractivity contribution < 1.29 is 14.7 Å². The van der Waals surface area contributed by atoms with Gasteiger partial charge in [-0.3, -0.25) is 9.59 Å². The third-order valence-electron chi connectivity index (χ3n) is 3.98. The number of aliphatic carboxylic acids is 1. The van der Waals surface area contributed by atoms with Crippen LogP contribution in [0.3, 0.4) is 0 Å². The summed E-state index contributed by atoms with van der Waals surface area (Å²) in [6, 6.07) is 8.34. The van der Waals surface area contributed by atoms with Crippen molar-refractivity contribution in [1.29, 1.82) is 0 Å². The van der Waals surface area contributed by atoms with E-state index < -0.39 is 11.9 Å². The van der Waals surface area contributed by atoms with Crippen LogP contribution in [0.2, 0.25) is 0 Å². The lowest BCUT2D eigenvalue weighted by atomic mass is 10.1. The Morgan fingerprint density at radius 2 is 1.78 bits per heavy atom. The third-order valence-corrected chi connectivity index (χ3v) is 3.98. The molecule has 1 aliphatic heterocycles. The lowest BCUT2D eigenvalue weighted by Gasteiger charge is -2.23. The van der Waals surface area contributed by atoms with Gasteiger partial charge in [0.25, 0.3) is 0 Å². The van der Waals surface area contributed by atoms with Crippen LogP contribution in [-0.2, 0) is 22.4 Å². The molecule has 0 aromatic heterocycles. The number of hydrogen-bond donors (Lipinski definition) is 1. The lowest BCUT2D eigenvalue weighted by Crippen LogP contribution is -2.37. The standard InChI is InChI=1S/C14H15NO3/c16-13-7-11(14(17)18)8-15(13)12-5-9-3-1-2-4-10(9)6-12/h1-4,11-12H,5-8H2,(H,17,18)/t11-/m1/s1. The zero-order valence-electron chi connectivity index (χ0n) is 10.0. The zero-order chi connectivity index (χ0) is 12.7. The number of carbonyl (C=O) groups excluding carboxylic acids is 1. The first-order valence-corrected chi connectivity index (χ1v) is 6.24. The first kappa shape index (κ1) is 11.3. The number of rotatable bonds is 2. The van der Waals surface area contributed by atoms with Gasteiger partial charge in [-0.25, -0.2) is 0 Å². The van der Waals surface area contributed by atoms with E-state index in [2.05, 4.69) is 12.1 Å². The van der Waals surface area contributed by atoms with Gasteiger partial charge in [-0.05, 0) is 24.0 Å². The summed E-state index contributed by atoms with van der Waals surface area (Å²) in [6.45, 7) is 0.368. The van der Waals surface area contributed by atoms with Crippen molar-refractivity contribution in [2.24, 2.45) is 5.92 Å². The van der Waals surface area contributed by atoms with Gasteiger partial charge in [0.15, 0.2) is 0 Å². The summed E-state index contributed by atoms with van der Waals surface area (Å²) in [4.78, 5) is 24.6. The summed E-state index contributed by atoms with van der Waals surface area (Å²) in [5.41, 5.74) is 2.57. The maximum absolute atomic E-state index is 11.9. The van der Waals surface area contributed by atoms with Gasteiger partial charge in [-0.15, -0.1) is 0 Å². The summed E-state index contributed by atoms with van der Waals surface area (Å²) in [6.07, 6.45) is 1.87. The summed E-state index contributed by atoms with van der Waals surface area (Å²) in [7, 11) is 0. The Morgan fingerprint density at radius 3 is 2.28 bits per heavy atom. The summed E-state index contributed by atoms with van der Waals surface area (Å²) >= 11 is 0. The summed E-state index contributed by atoms with van der Waals surface area (Å²) in [5.74, 6) is -1.40. The van der Waals surface area contributed by atoms with E-state index in [9.17, 15) is 9.59 Å². The molecule has 1 aliphatic carbocycles. The molecule has 2 aliphatic rings. The Bertz CT molecular complexity index is 487. The van der Waals surface area contributed by atoms with Crippen LogP contribution in [0.25, 0.3) is 0 Å². The van der Waals surface area contributed by atoms with E-state index in [1.165, 1.54) is 11.1 Å². The molecule has 0 saturated carbocycles. The van der Waals surface area contributed by atoms with Crippen molar-refractivity contribution in [3.8, 4) is 0 Å². The van der Waals surface area contributed by atoms with Crippen LogP contribution in [0.15, 0.2) is 24.3 Å². The van der Waals surface area contributed by atoms with Crippen molar-refractivity contribution in [3.63, 3.8) is 0 Å². The zero-order valence-corrected chi connectivity index (χ0v) is 10.0. The lowest BCUT2D eigenvalue weighted by molar-refractivity contribution is -0.141. The van der Waals surface area contributed by atoms with E-state index in [1.54, 1.807) is 4.90 Å². The first-order chi connectivity index (χ1) is 8.65. The second-order valence-corrected chi connectivity index (χ2v) is 5.12. The van der Waals surface area contributed by atoms with Crippen LogP contribution in [0, 0.1) is 5.92 Å². The number of carbonyl (C=O) groups is 2. The molecule has 94 valence electrons. The quantitative estimate of drug-likeness (QED) is 0.848. The number of likely N-dealkylation sites (tertiary alicyclic amines) is 1. The Labute approximate surface area is 105 Å². The maximum Gasteiger partial charge on any atom is 0.308 e. The molecule has 1 saturated heterocycles. The van der Waals surface area contributed by atoms with Crippen molar-refractivity contribution in [3.05, 3.63) is 35.4 Å². The molecule has 0 radical (unpaired) electrons. The molecule has 1 aromatic rings. The predicted molar refractivity (Wildman–Crippen MR) is 65.1 cm³/mol. The Balaban J connectivity index is 1.75. The van der Waals surface area contributed by atoms with Crippen LogP contribution < -0.4 is 0 Å². The highest BCUT2D eigenvalue weighted by Crippen LogP contribution is 2.29. The topological polar surface area (TPSA) is 57.6 Å². The Morgan fingerprint density at radius 1 is 1.17 bits per heavy atom. The predicted octanol–water partition coefficient (Wildman–Crippen LogP) is 1.09. The number of carboxylic acids is 1. The number of hydrogen-bond acceptors (Lipinski definition) is 2. The summed E-state index contributed by atoms with van der Waals surface area (Å²) < 4.78 is 0. The Hall–Kier alpha value is -1.84. The SMILES string of the molecule is O=C(O)[C@@H]1CC(=O)N(C2Cc3ccccc3C2)C1. The van der Waals surface area contributed by atoms with Crippen LogP contribution >= 0.6 is 0 Å². The van der Waals surface area contributed by atoms with Gasteiger partial charge >= 0.3 is 5.97 Å². The number of nitrogens with zero attached hydrogens (tertiary/aromatic N) is 1. The fourth-order valence-corrected chi connectivity index (χ4v) is 3.01. The Kier molecular flexibility index (Phi) is 2.58. The van der Waals surface area contributed by atoms with Gasteiger partial charge in [0, 0.05) is 19.0 Å². The second-order valence-electron chi connectivity index (χ2n) is 5.12. The van der Waals surface area contributed by atoms with E-state index >= 15 is 0 Å². The molecule has 1 amide bonds. The fraction of sp³-hybridized carbons (Fsp3) is 0.429.